The van der Waals surface area contributed by atoms with Gasteiger partial charge in [0.1, 0.15) is 29.2 Å². The van der Waals surface area contributed by atoms with E-state index in [4.69, 9.17) is 4.74 Å². The highest BCUT2D eigenvalue weighted by atomic mass is 19.1. The summed E-state index contributed by atoms with van der Waals surface area (Å²) < 4.78 is 32.5. The number of benzene rings is 3. The summed E-state index contributed by atoms with van der Waals surface area (Å²) in [7, 11) is 0. The summed E-state index contributed by atoms with van der Waals surface area (Å²) >= 11 is 0. The molecular formula is C21H14F2N2O2. The molecule has 27 heavy (non-hydrogen) atoms. The van der Waals surface area contributed by atoms with Crippen LogP contribution in [0.15, 0.2) is 72.8 Å². The topological polar surface area (TPSA) is 62.1 Å². The Morgan fingerprint density at radius 2 is 1.63 bits per heavy atom. The number of halogens is 2. The third-order valence-corrected chi connectivity index (χ3v) is 3.77. The van der Waals surface area contributed by atoms with Gasteiger partial charge in [-0.2, -0.15) is 5.26 Å². The standard InChI is InChI=1S/C21H14F2N2O2/c22-15-8-11-18(19(23)12-15)20(13-24)25-21(26)14-6-9-17(10-7-14)27-16-4-2-1-3-5-16/h1-12,20H,(H,25,26). The Morgan fingerprint density at radius 1 is 0.963 bits per heavy atom. The van der Waals surface area contributed by atoms with Crippen LogP contribution in [-0.2, 0) is 0 Å². The van der Waals surface area contributed by atoms with Crippen LogP contribution in [0.2, 0.25) is 0 Å². The van der Waals surface area contributed by atoms with Crippen molar-refractivity contribution in [2.24, 2.45) is 0 Å². The maximum atomic E-state index is 13.8. The SMILES string of the molecule is N#CC(NC(=O)c1ccc(Oc2ccccc2)cc1)c1ccc(F)cc1F. The molecule has 1 N–H and O–H groups in total. The maximum Gasteiger partial charge on any atom is 0.252 e. The number of hydrogen-bond donors (Lipinski definition) is 1. The van der Waals surface area contributed by atoms with Crippen LogP contribution in [0.25, 0.3) is 0 Å². The fraction of sp³-hybridized carbons (Fsp3) is 0.0476. The molecule has 1 amide bonds. The van der Waals surface area contributed by atoms with Crippen molar-refractivity contribution in [3.63, 3.8) is 0 Å². The fourth-order valence-corrected chi connectivity index (χ4v) is 2.43. The minimum atomic E-state index is -1.24. The Labute approximate surface area is 154 Å². The van der Waals surface area contributed by atoms with Gasteiger partial charge in [0.25, 0.3) is 5.91 Å². The second-order valence-electron chi connectivity index (χ2n) is 5.64. The van der Waals surface area contributed by atoms with E-state index in [0.717, 1.165) is 12.1 Å². The molecule has 0 heterocycles. The van der Waals surface area contributed by atoms with Gasteiger partial charge < -0.3 is 10.1 Å². The molecule has 0 bridgehead atoms. The molecule has 0 aliphatic heterocycles. The Kier molecular flexibility index (Phi) is 5.43. The van der Waals surface area contributed by atoms with Crippen LogP contribution in [0.5, 0.6) is 11.5 Å². The summed E-state index contributed by atoms with van der Waals surface area (Å²) in [5.41, 5.74) is 0.175. The van der Waals surface area contributed by atoms with E-state index in [9.17, 15) is 18.8 Å². The first kappa shape index (κ1) is 18.1. The Hall–Kier alpha value is -3.72. The van der Waals surface area contributed by atoms with Crippen LogP contribution in [0.3, 0.4) is 0 Å². The predicted octanol–water partition coefficient (Wildman–Crippen LogP) is 4.75. The summed E-state index contributed by atoms with van der Waals surface area (Å²) in [5.74, 6) is -1.01. The number of rotatable bonds is 5. The lowest BCUT2D eigenvalue weighted by Gasteiger charge is -2.13. The third-order valence-electron chi connectivity index (χ3n) is 3.77. The second-order valence-corrected chi connectivity index (χ2v) is 5.64. The molecule has 0 spiro atoms. The lowest BCUT2D eigenvalue weighted by molar-refractivity contribution is 0.0944. The molecule has 1 atom stereocenters. The van der Waals surface area contributed by atoms with E-state index in [2.05, 4.69) is 5.32 Å². The van der Waals surface area contributed by atoms with Gasteiger partial charge in [-0.1, -0.05) is 24.3 Å². The Morgan fingerprint density at radius 3 is 2.26 bits per heavy atom. The summed E-state index contributed by atoms with van der Waals surface area (Å²) in [6, 6.07) is 18.8. The van der Waals surface area contributed by atoms with Crippen molar-refractivity contribution in [1.82, 2.24) is 5.32 Å². The molecule has 3 rings (SSSR count). The van der Waals surface area contributed by atoms with Crippen molar-refractivity contribution in [3.8, 4) is 17.6 Å². The van der Waals surface area contributed by atoms with E-state index in [1.807, 2.05) is 18.2 Å². The number of hydrogen-bond acceptors (Lipinski definition) is 3. The van der Waals surface area contributed by atoms with Crippen LogP contribution in [-0.4, -0.2) is 5.91 Å². The zero-order valence-corrected chi connectivity index (χ0v) is 14.0. The highest BCUT2D eigenvalue weighted by Crippen LogP contribution is 2.22. The van der Waals surface area contributed by atoms with E-state index >= 15 is 0 Å². The van der Waals surface area contributed by atoms with Gasteiger partial charge in [0.05, 0.1) is 6.07 Å². The van der Waals surface area contributed by atoms with Crippen LogP contribution >= 0.6 is 0 Å². The van der Waals surface area contributed by atoms with Gasteiger partial charge in [-0.05, 0) is 42.5 Å². The van der Waals surface area contributed by atoms with E-state index in [1.165, 1.54) is 12.1 Å². The first-order valence-corrected chi connectivity index (χ1v) is 8.05. The highest BCUT2D eigenvalue weighted by molar-refractivity contribution is 5.94. The van der Waals surface area contributed by atoms with Gasteiger partial charge in [-0.25, -0.2) is 8.78 Å². The minimum Gasteiger partial charge on any atom is -0.457 e. The van der Waals surface area contributed by atoms with Crippen LogP contribution < -0.4 is 10.1 Å². The second kappa shape index (κ2) is 8.11. The van der Waals surface area contributed by atoms with Crippen LogP contribution in [0.1, 0.15) is 22.0 Å². The zero-order chi connectivity index (χ0) is 19.2. The Bertz CT molecular complexity index is 983. The maximum absolute atomic E-state index is 13.8. The molecule has 4 nitrogen and oxygen atoms in total. The molecule has 0 saturated carbocycles. The summed E-state index contributed by atoms with van der Waals surface area (Å²) in [4.78, 5) is 12.3. The van der Waals surface area contributed by atoms with E-state index in [-0.39, 0.29) is 11.1 Å². The number of nitrogens with one attached hydrogen (secondary N) is 1. The largest absolute Gasteiger partial charge is 0.457 e. The minimum absolute atomic E-state index is 0.101. The number of nitrogens with zero attached hydrogens (tertiary/aromatic N) is 1. The molecule has 0 aliphatic rings. The lowest BCUT2D eigenvalue weighted by Crippen LogP contribution is -2.28. The van der Waals surface area contributed by atoms with Gasteiger partial charge in [-0.3, -0.25) is 4.79 Å². The van der Waals surface area contributed by atoms with Crippen molar-refractivity contribution in [1.29, 1.82) is 5.26 Å². The average molecular weight is 364 g/mol. The monoisotopic (exact) mass is 364 g/mol. The van der Waals surface area contributed by atoms with E-state index in [0.29, 0.717) is 17.6 Å². The number of carbonyl (C=O) groups excluding carboxylic acids is 1. The van der Waals surface area contributed by atoms with Crippen LogP contribution in [0.4, 0.5) is 8.78 Å². The predicted molar refractivity (Wildman–Crippen MR) is 95.1 cm³/mol. The number of ether oxygens (including phenoxy) is 1. The number of carbonyl (C=O) groups is 1. The molecule has 3 aromatic rings. The number of amides is 1. The van der Waals surface area contributed by atoms with Crippen molar-refractivity contribution in [2.75, 3.05) is 0 Å². The summed E-state index contributed by atoms with van der Waals surface area (Å²) in [5, 5.41) is 11.7. The number of nitriles is 1. The smallest absolute Gasteiger partial charge is 0.252 e. The lowest BCUT2D eigenvalue weighted by atomic mass is 10.1. The van der Waals surface area contributed by atoms with E-state index in [1.54, 1.807) is 30.3 Å². The van der Waals surface area contributed by atoms with Crippen molar-refractivity contribution >= 4 is 5.91 Å². The van der Waals surface area contributed by atoms with Gasteiger partial charge in [0.15, 0.2) is 0 Å². The van der Waals surface area contributed by atoms with Gasteiger partial charge >= 0.3 is 0 Å². The van der Waals surface area contributed by atoms with E-state index < -0.39 is 23.6 Å². The average Bonchev–Trinajstić information content (AvgIpc) is 2.68. The van der Waals surface area contributed by atoms with Gasteiger partial charge in [-0.15, -0.1) is 0 Å². The first-order valence-electron chi connectivity index (χ1n) is 8.05. The zero-order valence-electron chi connectivity index (χ0n) is 14.0. The molecular weight excluding hydrogens is 350 g/mol. The Balaban J connectivity index is 1.70. The first-order chi connectivity index (χ1) is 13.1. The van der Waals surface area contributed by atoms with Crippen LogP contribution in [0, 0.1) is 23.0 Å². The normalized spacial score (nSPS) is 11.3. The molecule has 1 unspecified atom stereocenters. The molecule has 0 aromatic heterocycles. The van der Waals surface area contributed by atoms with Crippen molar-refractivity contribution in [2.45, 2.75) is 6.04 Å². The van der Waals surface area contributed by atoms with Gasteiger partial charge in [0.2, 0.25) is 0 Å². The van der Waals surface area contributed by atoms with Crippen molar-refractivity contribution < 1.29 is 18.3 Å². The fourth-order valence-electron chi connectivity index (χ4n) is 2.43. The molecule has 0 saturated heterocycles. The van der Waals surface area contributed by atoms with Gasteiger partial charge in [0, 0.05) is 17.2 Å². The summed E-state index contributed by atoms with van der Waals surface area (Å²) in [6.07, 6.45) is 0. The summed E-state index contributed by atoms with van der Waals surface area (Å²) in [6.45, 7) is 0. The molecule has 134 valence electrons. The van der Waals surface area contributed by atoms with Crippen molar-refractivity contribution in [3.05, 3.63) is 95.6 Å². The molecule has 0 aliphatic carbocycles. The molecule has 6 heteroatoms. The quantitative estimate of drug-likeness (QED) is 0.710. The number of para-hydroxylation sites is 1. The third kappa shape index (κ3) is 4.47. The molecule has 3 aromatic carbocycles. The highest BCUT2D eigenvalue weighted by Gasteiger charge is 2.19. The molecule has 0 fully saturated rings. The molecule has 0 radical (unpaired) electrons.